The summed E-state index contributed by atoms with van der Waals surface area (Å²) in [6, 6.07) is 8.00. The second-order valence-corrected chi connectivity index (χ2v) is 5.13. The van der Waals surface area contributed by atoms with Crippen LogP contribution in [0.3, 0.4) is 0 Å². The lowest BCUT2D eigenvalue weighted by Gasteiger charge is -2.27. The van der Waals surface area contributed by atoms with Crippen molar-refractivity contribution in [1.29, 1.82) is 0 Å². The van der Waals surface area contributed by atoms with Gasteiger partial charge in [0.15, 0.2) is 0 Å². The summed E-state index contributed by atoms with van der Waals surface area (Å²) in [5, 5.41) is 3.44. The molecule has 0 bridgehead atoms. The van der Waals surface area contributed by atoms with Crippen molar-refractivity contribution in [2.75, 3.05) is 20.2 Å². The van der Waals surface area contributed by atoms with E-state index in [0.717, 1.165) is 25.3 Å². The van der Waals surface area contributed by atoms with E-state index in [1.807, 2.05) is 37.8 Å². The molecule has 0 aliphatic carbocycles. The van der Waals surface area contributed by atoms with Crippen molar-refractivity contribution >= 4 is 5.91 Å². The third-order valence-electron chi connectivity index (χ3n) is 3.82. The van der Waals surface area contributed by atoms with Gasteiger partial charge >= 0.3 is 0 Å². The minimum Gasteiger partial charge on any atom is -0.497 e. The molecule has 4 heteroatoms. The van der Waals surface area contributed by atoms with Crippen molar-refractivity contribution in [3.8, 4) is 5.75 Å². The lowest BCUT2D eigenvalue weighted by atomic mass is 10.0. The molecule has 0 heterocycles. The van der Waals surface area contributed by atoms with Crippen LogP contribution in [0.2, 0.25) is 0 Å². The van der Waals surface area contributed by atoms with Crippen molar-refractivity contribution in [3.05, 3.63) is 29.8 Å². The van der Waals surface area contributed by atoms with Gasteiger partial charge in [-0.1, -0.05) is 19.1 Å². The number of ether oxygens (including phenoxy) is 1. The van der Waals surface area contributed by atoms with E-state index in [0.29, 0.717) is 0 Å². The standard InChI is InChI=1S/C17H28N2O2/c1-6-16(14-9-11-15(21-5)12-10-14)18-13(4)17(20)19(7-2)8-3/h9-13,16,18H,6-8H2,1-5H3. The first-order valence-corrected chi connectivity index (χ1v) is 7.76. The number of likely N-dealkylation sites (N-methyl/N-ethyl adjacent to an activating group) is 1. The molecule has 0 saturated carbocycles. The minimum absolute atomic E-state index is 0.159. The average Bonchev–Trinajstić information content (AvgIpc) is 2.53. The summed E-state index contributed by atoms with van der Waals surface area (Å²) in [4.78, 5) is 14.2. The van der Waals surface area contributed by atoms with E-state index in [2.05, 4.69) is 24.4 Å². The number of methoxy groups -OCH3 is 1. The number of nitrogens with one attached hydrogen (secondary N) is 1. The predicted molar refractivity (Wildman–Crippen MR) is 86.6 cm³/mol. The fraction of sp³-hybridized carbons (Fsp3) is 0.588. The Morgan fingerprint density at radius 1 is 1.19 bits per heavy atom. The van der Waals surface area contributed by atoms with Gasteiger partial charge in [-0.3, -0.25) is 10.1 Å². The molecule has 1 rings (SSSR count). The van der Waals surface area contributed by atoms with Crippen LogP contribution in [0.4, 0.5) is 0 Å². The first kappa shape index (κ1) is 17.5. The molecule has 1 N–H and O–H groups in total. The van der Waals surface area contributed by atoms with Gasteiger partial charge < -0.3 is 9.64 Å². The zero-order valence-electron chi connectivity index (χ0n) is 13.8. The summed E-state index contributed by atoms with van der Waals surface area (Å²) in [6.07, 6.45) is 0.933. The van der Waals surface area contributed by atoms with Crippen LogP contribution in [0, 0.1) is 0 Å². The number of carbonyl (C=O) groups is 1. The number of nitrogens with zero attached hydrogens (tertiary/aromatic N) is 1. The smallest absolute Gasteiger partial charge is 0.239 e. The molecule has 2 unspecified atom stereocenters. The maximum atomic E-state index is 12.3. The van der Waals surface area contributed by atoms with Gasteiger partial charge in [0.1, 0.15) is 5.75 Å². The molecule has 118 valence electrons. The van der Waals surface area contributed by atoms with Gasteiger partial charge in [0.05, 0.1) is 13.2 Å². The fourth-order valence-electron chi connectivity index (χ4n) is 2.47. The van der Waals surface area contributed by atoms with Gasteiger partial charge in [-0.05, 0) is 44.9 Å². The largest absolute Gasteiger partial charge is 0.497 e. The highest BCUT2D eigenvalue weighted by Gasteiger charge is 2.21. The van der Waals surface area contributed by atoms with Crippen molar-refractivity contribution in [2.45, 2.75) is 46.2 Å². The van der Waals surface area contributed by atoms with Crippen molar-refractivity contribution < 1.29 is 9.53 Å². The van der Waals surface area contributed by atoms with E-state index in [4.69, 9.17) is 4.74 Å². The Hall–Kier alpha value is -1.55. The molecule has 0 aliphatic heterocycles. The SMILES string of the molecule is CCC(NC(C)C(=O)N(CC)CC)c1ccc(OC)cc1. The molecule has 0 saturated heterocycles. The van der Waals surface area contributed by atoms with E-state index in [1.54, 1.807) is 7.11 Å². The fourth-order valence-corrected chi connectivity index (χ4v) is 2.47. The number of benzene rings is 1. The normalized spacial score (nSPS) is 13.6. The topological polar surface area (TPSA) is 41.6 Å². The molecule has 1 aromatic rings. The van der Waals surface area contributed by atoms with Gasteiger partial charge in [0.2, 0.25) is 5.91 Å². The molecule has 21 heavy (non-hydrogen) atoms. The van der Waals surface area contributed by atoms with E-state index >= 15 is 0 Å². The highest BCUT2D eigenvalue weighted by Crippen LogP contribution is 2.20. The van der Waals surface area contributed by atoms with Gasteiger partial charge in [-0.15, -0.1) is 0 Å². The van der Waals surface area contributed by atoms with E-state index in [9.17, 15) is 4.79 Å². The Bertz CT molecular complexity index is 427. The van der Waals surface area contributed by atoms with Gasteiger partial charge in [0, 0.05) is 19.1 Å². The number of hydrogen-bond donors (Lipinski definition) is 1. The summed E-state index contributed by atoms with van der Waals surface area (Å²) in [6.45, 7) is 9.58. The zero-order valence-corrected chi connectivity index (χ0v) is 13.8. The molecule has 1 amide bonds. The molecule has 0 radical (unpaired) electrons. The highest BCUT2D eigenvalue weighted by atomic mass is 16.5. The van der Waals surface area contributed by atoms with E-state index in [-0.39, 0.29) is 18.0 Å². The molecule has 1 aromatic carbocycles. The third kappa shape index (κ3) is 4.74. The van der Waals surface area contributed by atoms with Crippen LogP contribution in [0.1, 0.15) is 45.7 Å². The summed E-state index contributed by atoms with van der Waals surface area (Å²) in [7, 11) is 1.66. The molecule has 0 fully saturated rings. The summed E-state index contributed by atoms with van der Waals surface area (Å²) < 4.78 is 5.18. The summed E-state index contributed by atoms with van der Waals surface area (Å²) in [5.74, 6) is 1.01. The quantitative estimate of drug-likeness (QED) is 0.801. The second kappa shape index (κ2) is 8.67. The minimum atomic E-state index is -0.183. The molecular weight excluding hydrogens is 264 g/mol. The van der Waals surface area contributed by atoms with Crippen molar-refractivity contribution in [1.82, 2.24) is 10.2 Å². The second-order valence-electron chi connectivity index (χ2n) is 5.13. The van der Waals surface area contributed by atoms with Gasteiger partial charge in [-0.2, -0.15) is 0 Å². The number of amides is 1. The van der Waals surface area contributed by atoms with Crippen molar-refractivity contribution in [2.24, 2.45) is 0 Å². The number of carbonyl (C=O) groups excluding carboxylic acids is 1. The van der Waals surface area contributed by atoms with Crippen LogP contribution in [-0.2, 0) is 4.79 Å². The van der Waals surface area contributed by atoms with Crippen LogP contribution in [0.5, 0.6) is 5.75 Å². The van der Waals surface area contributed by atoms with Gasteiger partial charge in [0.25, 0.3) is 0 Å². The third-order valence-corrected chi connectivity index (χ3v) is 3.82. The van der Waals surface area contributed by atoms with E-state index < -0.39 is 0 Å². The number of rotatable bonds is 8. The molecule has 2 atom stereocenters. The Labute approximate surface area is 128 Å². The predicted octanol–water partition coefficient (Wildman–Crippen LogP) is 2.99. The maximum Gasteiger partial charge on any atom is 0.239 e. The molecule has 4 nitrogen and oxygen atoms in total. The Morgan fingerprint density at radius 2 is 1.76 bits per heavy atom. The van der Waals surface area contributed by atoms with Crippen LogP contribution in [-0.4, -0.2) is 37.0 Å². The molecule has 0 spiro atoms. The first-order valence-electron chi connectivity index (χ1n) is 7.76. The van der Waals surface area contributed by atoms with Crippen LogP contribution in [0.15, 0.2) is 24.3 Å². The van der Waals surface area contributed by atoms with Crippen LogP contribution in [0.25, 0.3) is 0 Å². The van der Waals surface area contributed by atoms with E-state index in [1.165, 1.54) is 5.56 Å². The average molecular weight is 292 g/mol. The van der Waals surface area contributed by atoms with Crippen molar-refractivity contribution in [3.63, 3.8) is 0 Å². The van der Waals surface area contributed by atoms with Crippen LogP contribution >= 0.6 is 0 Å². The zero-order chi connectivity index (χ0) is 15.8. The van der Waals surface area contributed by atoms with Gasteiger partial charge in [-0.25, -0.2) is 0 Å². The molecule has 0 aromatic heterocycles. The first-order chi connectivity index (χ1) is 10.1. The Kier molecular flexibility index (Phi) is 7.23. The summed E-state index contributed by atoms with van der Waals surface area (Å²) in [5.41, 5.74) is 1.18. The molecular formula is C17H28N2O2. The lowest BCUT2D eigenvalue weighted by molar-refractivity contribution is -0.132. The highest BCUT2D eigenvalue weighted by molar-refractivity contribution is 5.81. The summed E-state index contributed by atoms with van der Waals surface area (Å²) >= 11 is 0. The molecule has 0 aliphatic rings. The maximum absolute atomic E-state index is 12.3. The Balaban J connectivity index is 2.74. The monoisotopic (exact) mass is 292 g/mol. The Morgan fingerprint density at radius 3 is 2.19 bits per heavy atom. The lowest BCUT2D eigenvalue weighted by Crippen LogP contribution is -2.45. The number of hydrogen-bond acceptors (Lipinski definition) is 3. The van der Waals surface area contributed by atoms with Crippen LogP contribution < -0.4 is 10.1 Å².